The summed E-state index contributed by atoms with van der Waals surface area (Å²) in [7, 11) is 1.63. The molecule has 2 aromatic heterocycles. The number of fused-ring (bicyclic) bond motifs is 1. The number of nitrogens with one attached hydrogen (secondary N) is 2. The molecule has 2 N–H and O–H groups in total. The third-order valence-electron chi connectivity index (χ3n) is 6.61. The summed E-state index contributed by atoms with van der Waals surface area (Å²) < 4.78 is 7.17. The highest BCUT2D eigenvalue weighted by molar-refractivity contribution is 6.06. The highest BCUT2D eigenvalue weighted by Crippen LogP contribution is 2.31. The number of nitrogens with zero attached hydrogens (tertiary/aromatic N) is 4. The molecule has 1 atom stereocenters. The summed E-state index contributed by atoms with van der Waals surface area (Å²) in [5.41, 5.74) is 2.95. The topological polar surface area (TPSA) is 111 Å². The second kappa shape index (κ2) is 10.6. The van der Waals surface area contributed by atoms with Gasteiger partial charge in [0.25, 0.3) is 5.91 Å². The molecule has 1 fully saturated rings. The van der Waals surface area contributed by atoms with E-state index in [1.165, 1.54) is 0 Å². The molecule has 1 unspecified atom stereocenters. The van der Waals surface area contributed by atoms with Gasteiger partial charge in [-0.1, -0.05) is 24.2 Å². The second-order valence-electron chi connectivity index (χ2n) is 8.71. The molecule has 0 saturated heterocycles. The number of carbonyl (C=O) groups excluding carboxylic acids is 1. The number of hydrogen-bond acceptors (Lipinski definition) is 7. The molecule has 0 bridgehead atoms. The molecule has 34 heavy (non-hydrogen) atoms. The van der Waals surface area contributed by atoms with E-state index in [0.29, 0.717) is 12.1 Å². The number of nitroso groups, excluding NO2 is 1. The highest BCUT2D eigenvalue weighted by Gasteiger charge is 2.26. The van der Waals surface area contributed by atoms with Gasteiger partial charge in [-0.3, -0.25) is 4.79 Å². The molecule has 4 rings (SSSR count). The maximum atomic E-state index is 13.5. The maximum absolute atomic E-state index is 13.5. The number of benzene rings is 1. The van der Waals surface area contributed by atoms with E-state index in [1.54, 1.807) is 19.5 Å². The normalized spacial score (nSPS) is 18.9. The number of pyridine rings is 1. The van der Waals surface area contributed by atoms with Crippen LogP contribution in [0.1, 0.15) is 67.9 Å². The van der Waals surface area contributed by atoms with Crippen molar-refractivity contribution >= 4 is 22.6 Å². The van der Waals surface area contributed by atoms with Gasteiger partial charge >= 0.3 is 0 Å². The van der Waals surface area contributed by atoms with Crippen LogP contribution in [0.25, 0.3) is 11.0 Å². The number of hydrogen-bond donors (Lipinski definition) is 2. The quantitative estimate of drug-likeness (QED) is 0.439. The van der Waals surface area contributed by atoms with E-state index in [9.17, 15) is 9.70 Å². The van der Waals surface area contributed by atoms with Crippen molar-refractivity contribution < 1.29 is 9.53 Å². The van der Waals surface area contributed by atoms with Gasteiger partial charge in [0.1, 0.15) is 5.75 Å². The number of carbonyl (C=O) groups is 1. The zero-order chi connectivity index (χ0) is 24.1. The van der Waals surface area contributed by atoms with Crippen molar-refractivity contribution in [3.05, 3.63) is 52.7 Å². The summed E-state index contributed by atoms with van der Waals surface area (Å²) in [5, 5.41) is 15.2. The largest absolute Gasteiger partial charge is 0.497 e. The number of ether oxygens (including phenoxy) is 1. The summed E-state index contributed by atoms with van der Waals surface area (Å²) in [6.45, 7) is 4.73. The zero-order valence-electron chi connectivity index (χ0n) is 20.0. The molecule has 9 nitrogen and oxygen atoms in total. The number of amides is 1. The SMILES string of the molecule is CCC(NC(=O)c1cnc2c(cnn2CC)c1NC1CCC(N=O)CC1)c1cccc(OC)c1. The fourth-order valence-corrected chi connectivity index (χ4v) is 4.63. The molecule has 0 aliphatic heterocycles. The van der Waals surface area contributed by atoms with Crippen LogP contribution in [0.15, 0.2) is 41.8 Å². The van der Waals surface area contributed by atoms with E-state index in [2.05, 4.69) is 25.9 Å². The lowest BCUT2D eigenvalue weighted by Gasteiger charge is -2.27. The van der Waals surface area contributed by atoms with Crippen molar-refractivity contribution in [1.29, 1.82) is 0 Å². The van der Waals surface area contributed by atoms with Gasteiger partial charge in [0, 0.05) is 18.8 Å². The van der Waals surface area contributed by atoms with Crippen LogP contribution in [-0.4, -0.2) is 39.9 Å². The first-order valence-electron chi connectivity index (χ1n) is 12.0. The van der Waals surface area contributed by atoms with Crippen LogP contribution in [0.4, 0.5) is 5.69 Å². The summed E-state index contributed by atoms with van der Waals surface area (Å²) in [4.78, 5) is 29.0. The van der Waals surface area contributed by atoms with E-state index < -0.39 is 0 Å². The predicted molar refractivity (Wildman–Crippen MR) is 132 cm³/mol. The lowest BCUT2D eigenvalue weighted by Crippen LogP contribution is -2.31. The van der Waals surface area contributed by atoms with E-state index in [1.807, 2.05) is 42.8 Å². The molecule has 1 saturated carbocycles. The minimum absolute atomic E-state index is 0.116. The molecule has 2 heterocycles. The summed E-state index contributed by atoms with van der Waals surface area (Å²) in [6, 6.07) is 7.61. The standard InChI is InChI=1S/C25H32N6O3/c1-4-22(16-7-6-8-19(13-16)34-3)29-25(32)21-14-26-24-20(15-27-31(24)5-2)23(21)28-17-9-11-18(30-33)12-10-17/h6-8,13-15,17-18,22H,4-5,9-12H2,1-3H3,(H,26,28)(H,29,32). The molecule has 9 heteroatoms. The second-order valence-corrected chi connectivity index (χ2v) is 8.71. The molecule has 1 aromatic carbocycles. The zero-order valence-corrected chi connectivity index (χ0v) is 20.0. The average Bonchev–Trinajstić information content (AvgIpc) is 3.31. The first-order valence-corrected chi connectivity index (χ1v) is 12.0. The first-order chi connectivity index (χ1) is 16.6. The molecule has 3 aromatic rings. The smallest absolute Gasteiger partial charge is 0.255 e. The lowest BCUT2D eigenvalue weighted by atomic mass is 9.91. The van der Waals surface area contributed by atoms with Crippen LogP contribution >= 0.6 is 0 Å². The van der Waals surface area contributed by atoms with Gasteiger partial charge in [0.05, 0.1) is 42.0 Å². The van der Waals surface area contributed by atoms with Gasteiger partial charge in [-0.2, -0.15) is 10.0 Å². The van der Waals surface area contributed by atoms with Crippen molar-refractivity contribution in [3.63, 3.8) is 0 Å². The monoisotopic (exact) mass is 464 g/mol. The summed E-state index contributed by atoms with van der Waals surface area (Å²) in [5.74, 6) is 0.557. The number of rotatable bonds is 9. The van der Waals surface area contributed by atoms with Gasteiger partial charge < -0.3 is 15.4 Å². The van der Waals surface area contributed by atoms with Gasteiger partial charge in [-0.05, 0) is 56.7 Å². The van der Waals surface area contributed by atoms with Crippen LogP contribution in [0, 0.1) is 4.91 Å². The summed E-state index contributed by atoms with van der Waals surface area (Å²) in [6.07, 6.45) is 7.27. The lowest BCUT2D eigenvalue weighted by molar-refractivity contribution is 0.0936. The van der Waals surface area contributed by atoms with Crippen molar-refractivity contribution in [2.75, 3.05) is 12.4 Å². The fraction of sp³-hybridized carbons (Fsp3) is 0.480. The molecule has 0 radical (unpaired) electrons. The Hall–Kier alpha value is -3.49. The molecule has 180 valence electrons. The van der Waals surface area contributed by atoms with Crippen molar-refractivity contribution in [2.24, 2.45) is 5.18 Å². The predicted octanol–water partition coefficient (Wildman–Crippen LogP) is 4.83. The summed E-state index contributed by atoms with van der Waals surface area (Å²) >= 11 is 0. The number of aromatic nitrogens is 3. The number of anilines is 1. The Bertz CT molecular complexity index is 1150. The van der Waals surface area contributed by atoms with Crippen LogP contribution in [-0.2, 0) is 6.54 Å². The number of methoxy groups -OCH3 is 1. The van der Waals surface area contributed by atoms with Crippen molar-refractivity contribution in [2.45, 2.75) is 70.6 Å². The van der Waals surface area contributed by atoms with E-state index in [0.717, 1.165) is 60.1 Å². The van der Waals surface area contributed by atoms with Crippen LogP contribution in [0.5, 0.6) is 5.75 Å². The van der Waals surface area contributed by atoms with Gasteiger partial charge in [-0.15, -0.1) is 0 Å². The third-order valence-corrected chi connectivity index (χ3v) is 6.61. The van der Waals surface area contributed by atoms with Gasteiger partial charge in [0.15, 0.2) is 5.65 Å². The van der Waals surface area contributed by atoms with Crippen LogP contribution < -0.4 is 15.4 Å². The van der Waals surface area contributed by atoms with Crippen LogP contribution in [0.2, 0.25) is 0 Å². The van der Waals surface area contributed by atoms with Gasteiger partial charge in [0.2, 0.25) is 0 Å². The fourth-order valence-electron chi connectivity index (χ4n) is 4.63. The molecule has 1 amide bonds. The Balaban J connectivity index is 1.64. The van der Waals surface area contributed by atoms with E-state index >= 15 is 0 Å². The van der Waals surface area contributed by atoms with Gasteiger partial charge in [-0.25, -0.2) is 9.67 Å². The highest BCUT2D eigenvalue weighted by atomic mass is 16.5. The number of aryl methyl sites for hydroxylation is 1. The Morgan fingerprint density at radius 3 is 2.71 bits per heavy atom. The molecule has 1 aliphatic carbocycles. The molecule has 0 spiro atoms. The molecule has 1 aliphatic rings. The van der Waals surface area contributed by atoms with Crippen molar-refractivity contribution in [3.8, 4) is 5.75 Å². The Kier molecular flexibility index (Phi) is 7.40. The van der Waals surface area contributed by atoms with E-state index in [4.69, 9.17) is 4.74 Å². The first kappa shape index (κ1) is 23.7. The van der Waals surface area contributed by atoms with Crippen LogP contribution in [0.3, 0.4) is 0 Å². The maximum Gasteiger partial charge on any atom is 0.255 e. The molecular weight excluding hydrogens is 432 g/mol. The van der Waals surface area contributed by atoms with E-state index in [-0.39, 0.29) is 24.0 Å². The Morgan fingerprint density at radius 2 is 2.03 bits per heavy atom. The third kappa shape index (κ3) is 4.88. The average molecular weight is 465 g/mol. The minimum Gasteiger partial charge on any atom is -0.497 e. The Labute approximate surface area is 199 Å². The van der Waals surface area contributed by atoms with Crippen molar-refractivity contribution in [1.82, 2.24) is 20.1 Å². The molecular formula is C25H32N6O3. The Morgan fingerprint density at radius 1 is 1.24 bits per heavy atom. The minimum atomic E-state index is -0.195.